The van der Waals surface area contributed by atoms with E-state index in [1.54, 1.807) is 7.11 Å². The van der Waals surface area contributed by atoms with Crippen LogP contribution < -0.4 is 4.74 Å². The fourth-order valence-corrected chi connectivity index (χ4v) is 5.37. The van der Waals surface area contributed by atoms with E-state index in [0.717, 1.165) is 23.6 Å². The molecular formula is C20H29NO. The van der Waals surface area contributed by atoms with Crippen molar-refractivity contribution in [2.45, 2.75) is 57.4 Å². The first-order valence-corrected chi connectivity index (χ1v) is 9.13. The van der Waals surface area contributed by atoms with E-state index in [0.29, 0.717) is 5.92 Å². The molecule has 1 aromatic carbocycles. The molecule has 1 heterocycles. The molecule has 0 spiro atoms. The second-order valence-electron chi connectivity index (χ2n) is 7.80. The highest BCUT2D eigenvalue weighted by Gasteiger charge is 2.42. The van der Waals surface area contributed by atoms with Crippen LogP contribution in [0.2, 0.25) is 0 Å². The molecular weight excluding hydrogens is 270 g/mol. The van der Waals surface area contributed by atoms with Crippen LogP contribution in [0.5, 0.6) is 5.75 Å². The van der Waals surface area contributed by atoms with Gasteiger partial charge in [-0.05, 0) is 81.5 Å². The summed E-state index contributed by atoms with van der Waals surface area (Å²) in [7, 11) is 1.80. The molecule has 3 fully saturated rings. The topological polar surface area (TPSA) is 12.5 Å². The zero-order valence-electron chi connectivity index (χ0n) is 14.1. The summed E-state index contributed by atoms with van der Waals surface area (Å²) in [5.41, 5.74) is 2.79. The minimum absolute atomic E-state index is 0.685. The Balaban J connectivity index is 1.43. The highest BCUT2D eigenvalue weighted by Crippen LogP contribution is 2.47. The molecule has 2 saturated carbocycles. The van der Waals surface area contributed by atoms with Gasteiger partial charge in [-0.3, -0.25) is 0 Å². The Hall–Kier alpha value is -1.02. The van der Waals surface area contributed by atoms with Crippen LogP contribution in [0.3, 0.4) is 0 Å². The number of likely N-dealkylation sites (tertiary alicyclic amines) is 1. The van der Waals surface area contributed by atoms with Crippen molar-refractivity contribution in [1.29, 1.82) is 0 Å². The van der Waals surface area contributed by atoms with Crippen molar-refractivity contribution in [2.24, 2.45) is 11.8 Å². The quantitative estimate of drug-likeness (QED) is 0.821. The lowest BCUT2D eigenvalue weighted by Crippen LogP contribution is -2.43. The average Bonchev–Trinajstić information content (AvgIpc) is 3.18. The van der Waals surface area contributed by atoms with E-state index in [2.05, 4.69) is 30.0 Å². The number of methoxy groups -OCH3 is 1. The van der Waals surface area contributed by atoms with Crippen LogP contribution in [0.1, 0.15) is 55.6 Å². The van der Waals surface area contributed by atoms with Crippen LogP contribution >= 0.6 is 0 Å². The average molecular weight is 299 g/mol. The van der Waals surface area contributed by atoms with Crippen molar-refractivity contribution in [3.63, 3.8) is 0 Å². The van der Waals surface area contributed by atoms with Crippen LogP contribution in [-0.4, -0.2) is 31.1 Å². The summed E-state index contributed by atoms with van der Waals surface area (Å²) in [5, 5.41) is 0. The van der Waals surface area contributed by atoms with Gasteiger partial charge >= 0.3 is 0 Å². The monoisotopic (exact) mass is 299 g/mol. The van der Waals surface area contributed by atoms with Crippen LogP contribution in [0.25, 0.3) is 0 Å². The van der Waals surface area contributed by atoms with Gasteiger partial charge in [0, 0.05) is 6.04 Å². The van der Waals surface area contributed by atoms with E-state index < -0.39 is 0 Å². The fourth-order valence-electron chi connectivity index (χ4n) is 5.37. The van der Waals surface area contributed by atoms with Crippen LogP contribution in [0.4, 0.5) is 0 Å². The van der Waals surface area contributed by atoms with Crippen molar-refractivity contribution in [3.05, 3.63) is 29.3 Å². The third-order valence-corrected chi connectivity index (χ3v) is 6.52. The molecule has 1 aliphatic heterocycles. The normalized spacial score (nSPS) is 32.5. The molecule has 4 rings (SSSR count). The second kappa shape index (κ2) is 5.88. The first-order chi connectivity index (χ1) is 10.7. The van der Waals surface area contributed by atoms with E-state index in [4.69, 9.17) is 4.74 Å². The molecule has 0 radical (unpaired) electrons. The first kappa shape index (κ1) is 14.6. The lowest BCUT2D eigenvalue weighted by Gasteiger charge is -2.40. The van der Waals surface area contributed by atoms with Crippen LogP contribution in [0, 0.1) is 18.8 Å². The van der Waals surface area contributed by atoms with Crippen molar-refractivity contribution in [1.82, 2.24) is 4.90 Å². The molecule has 2 aliphatic carbocycles. The Kier molecular flexibility index (Phi) is 3.89. The van der Waals surface area contributed by atoms with E-state index >= 15 is 0 Å². The van der Waals surface area contributed by atoms with Gasteiger partial charge in [-0.25, -0.2) is 0 Å². The maximum absolute atomic E-state index is 5.61. The highest BCUT2D eigenvalue weighted by molar-refractivity contribution is 5.39. The predicted molar refractivity (Wildman–Crippen MR) is 90.5 cm³/mol. The van der Waals surface area contributed by atoms with E-state index in [-0.39, 0.29) is 0 Å². The maximum atomic E-state index is 5.61. The van der Waals surface area contributed by atoms with Gasteiger partial charge in [-0.1, -0.05) is 24.1 Å². The number of ether oxygens (including phenoxy) is 1. The lowest BCUT2D eigenvalue weighted by atomic mass is 9.85. The summed E-state index contributed by atoms with van der Waals surface area (Å²) in [6, 6.07) is 7.57. The maximum Gasteiger partial charge on any atom is 0.122 e. The second-order valence-corrected chi connectivity index (χ2v) is 7.80. The molecule has 2 nitrogen and oxygen atoms in total. The Labute approximate surface area is 134 Å². The van der Waals surface area contributed by atoms with E-state index in [1.807, 2.05) is 0 Å². The number of fused-ring (bicyclic) bond motifs is 2. The number of aryl methyl sites for hydroxylation is 1. The molecule has 120 valence electrons. The first-order valence-electron chi connectivity index (χ1n) is 9.13. The standard InChI is InChI=1S/C20H29NO/c1-14-3-6-20(22-2)18(11-14)16-7-9-21(10-8-16)19-13-15-4-5-17(19)12-15/h3,6,11,15-17,19H,4-5,7-10,12-13H2,1-2H3. The predicted octanol–water partition coefficient (Wildman–Crippen LogP) is 4.37. The summed E-state index contributed by atoms with van der Waals surface area (Å²) in [4.78, 5) is 2.82. The van der Waals surface area contributed by atoms with Crippen molar-refractivity contribution in [3.8, 4) is 5.75 Å². The molecule has 0 N–H and O–H groups in total. The molecule has 2 bridgehead atoms. The molecule has 0 aromatic heterocycles. The van der Waals surface area contributed by atoms with Gasteiger partial charge in [0.25, 0.3) is 0 Å². The number of benzene rings is 1. The summed E-state index contributed by atoms with van der Waals surface area (Å²) >= 11 is 0. The molecule has 3 unspecified atom stereocenters. The van der Waals surface area contributed by atoms with Gasteiger partial charge in [-0.2, -0.15) is 0 Å². The van der Waals surface area contributed by atoms with Gasteiger partial charge in [0.1, 0.15) is 5.75 Å². The van der Waals surface area contributed by atoms with Crippen molar-refractivity contribution in [2.75, 3.05) is 20.2 Å². The van der Waals surface area contributed by atoms with Gasteiger partial charge in [0.15, 0.2) is 0 Å². The van der Waals surface area contributed by atoms with Crippen molar-refractivity contribution >= 4 is 0 Å². The van der Waals surface area contributed by atoms with E-state index in [9.17, 15) is 0 Å². The van der Waals surface area contributed by atoms with Gasteiger partial charge in [-0.15, -0.1) is 0 Å². The zero-order valence-corrected chi connectivity index (χ0v) is 14.1. The van der Waals surface area contributed by atoms with Crippen LogP contribution in [-0.2, 0) is 0 Å². The van der Waals surface area contributed by atoms with Crippen molar-refractivity contribution < 1.29 is 4.74 Å². The Morgan fingerprint density at radius 1 is 1.05 bits per heavy atom. The number of hydrogen-bond acceptors (Lipinski definition) is 2. The largest absolute Gasteiger partial charge is 0.496 e. The van der Waals surface area contributed by atoms with Gasteiger partial charge in [0.05, 0.1) is 7.11 Å². The van der Waals surface area contributed by atoms with Gasteiger partial charge < -0.3 is 9.64 Å². The SMILES string of the molecule is COc1ccc(C)cc1C1CCN(C2CC3CCC2C3)CC1. The highest BCUT2D eigenvalue weighted by atomic mass is 16.5. The molecule has 2 heteroatoms. The molecule has 0 amide bonds. The molecule has 22 heavy (non-hydrogen) atoms. The number of piperidine rings is 1. The van der Waals surface area contributed by atoms with Gasteiger partial charge in [0.2, 0.25) is 0 Å². The fraction of sp³-hybridized carbons (Fsp3) is 0.700. The minimum Gasteiger partial charge on any atom is -0.496 e. The molecule has 1 aromatic rings. The lowest BCUT2D eigenvalue weighted by molar-refractivity contribution is 0.110. The number of hydrogen-bond donors (Lipinski definition) is 0. The Bertz CT molecular complexity index is 533. The van der Waals surface area contributed by atoms with E-state index in [1.165, 1.54) is 62.7 Å². The Morgan fingerprint density at radius 2 is 1.86 bits per heavy atom. The Morgan fingerprint density at radius 3 is 2.50 bits per heavy atom. The number of nitrogens with zero attached hydrogens (tertiary/aromatic N) is 1. The minimum atomic E-state index is 0.685. The molecule has 3 atom stereocenters. The zero-order chi connectivity index (χ0) is 15.1. The summed E-state index contributed by atoms with van der Waals surface area (Å²) in [6.45, 7) is 4.76. The summed E-state index contributed by atoms with van der Waals surface area (Å²) < 4.78 is 5.61. The smallest absolute Gasteiger partial charge is 0.122 e. The molecule has 1 saturated heterocycles. The number of rotatable bonds is 3. The molecule has 3 aliphatic rings. The van der Waals surface area contributed by atoms with Crippen LogP contribution in [0.15, 0.2) is 18.2 Å². The third-order valence-electron chi connectivity index (χ3n) is 6.52. The summed E-state index contributed by atoms with van der Waals surface area (Å²) in [5.74, 6) is 3.85. The third kappa shape index (κ3) is 2.56. The summed E-state index contributed by atoms with van der Waals surface area (Å²) in [6.07, 6.45) is 8.62.